The molecule has 0 saturated heterocycles. The van der Waals surface area contributed by atoms with E-state index in [2.05, 4.69) is 10.4 Å². The van der Waals surface area contributed by atoms with Crippen molar-refractivity contribution < 1.29 is 13.9 Å². The van der Waals surface area contributed by atoms with Crippen LogP contribution in [0.3, 0.4) is 0 Å². The zero-order chi connectivity index (χ0) is 20.1. The Morgan fingerprint density at radius 2 is 2.07 bits per heavy atom. The van der Waals surface area contributed by atoms with E-state index >= 15 is 0 Å². The molecule has 28 heavy (non-hydrogen) atoms. The summed E-state index contributed by atoms with van der Waals surface area (Å²) in [5.41, 5.74) is 1.73. The zero-order valence-corrected chi connectivity index (χ0v) is 17.2. The Labute approximate surface area is 173 Å². The van der Waals surface area contributed by atoms with Crippen molar-refractivity contribution >= 4 is 29.1 Å². The maximum atomic E-state index is 12.2. The van der Waals surface area contributed by atoms with Gasteiger partial charge in [-0.1, -0.05) is 23.2 Å². The Hall–Kier alpha value is -2.44. The number of furan rings is 1. The standard InChI is InChI=1S/C20H21Cl2N3O3/c1-13-10-15(21)4-6-18(13)27-12-16-5-7-19(28-16)20(26)23-8-3-9-25-11-17(22)14(2)24-25/h4-7,10-11H,3,8-9,12H2,1-2H3,(H,23,26). The largest absolute Gasteiger partial charge is 0.485 e. The molecule has 3 aromatic rings. The number of carbonyl (C=O) groups is 1. The molecule has 0 atom stereocenters. The molecule has 1 aromatic carbocycles. The van der Waals surface area contributed by atoms with Crippen LogP contribution in [-0.2, 0) is 13.2 Å². The van der Waals surface area contributed by atoms with Crippen LogP contribution >= 0.6 is 23.2 Å². The second-order valence-electron chi connectivity index (χ2n) is 6.40. The molecular formula is C20H21Cl2N3O3. The molecular weight excluding hydrogens is 401 g/mol. The fourth-order valence-electron chi connectivity index (χ4n) is 2.64. The summed E-state index contributed by atoms with van der Waals surface area (Å²) in [6, 6.07) is 8.77. The monoisotopic (exact) mass is 421 g/mol. The summed E-state index contributed by atoms with van der Waals surface area (Å²) in [6.45, 7) is 5.18. The highest BCUT2D eigenvalue weighted by Gasteiger charge is 2.12. The third-order valence-corrected chi connectivity index (χ3v) is 4.73. The fourth-order valence-corrected chi connectivity index (χ4v) is 3.02. The van der Waals surface area contributed by atoms with Gasteiger partial charge in [-0.2, -0.15) is 5.10 Å². The minimum Gasteiger partial charge on any atom is -0.485 e. The SMILES string of the molecule is Cc1cc(Cl)ccc1OCc1ccc(C(=O)NCCCn2cc(Cl)c(C)n2)o1. The number of hydrogen-bond donors (Lipinski definition) is 1. The van der Waals surface area contributed by atoms with Crippen molar-refractivity contribution in [3.05, 3.63) is 69.4 Å². The van der Waals surface area contributed by atoms with Crippen molar-refractivity contribution in [2.24, 2.45) is 0 Å². The minimum atomic E-state index is -0.261. The molecule has 0 saturated carbocycles. The molecule has 2 aromatic heterocycles. The number of benzene rings is 1. The van der Waals surface area contributed by atoms with Crippen molar-refractivity contribution in [3.63, 3.8) is 0 Å². The summed E-state index contributed by atoms with van der Waals surface area (Å²) in [6.07, 6.45) is 2.51. The second-order valence-corrected chi connectivity index (χ2v) is 7.24. The maximum Gasteiger partial charge on any atom is 0.286 e. The number of halogens is 2. The Balaban J connectivity index is 1.44. The molecule has 1 N–H and O–H groups in total. The van der Waals surface area contributed by atoms with Gasteiger partial charge in [-0.15, -0.1) is 0 Å². The lowest BCUT2D eigenvalue weighted by molar-refractivity contribution is 0.0920. The first-order valence-electron chi connectivity index (χ1n) is 8.88. The molecule has 0 aliphatic carbocycles. The molecule has 0 aliphatic rings. The predicted molar refractivity (Wildman–Crippen MR) is 108 cm³/mol. The van der Waals surface area contributed by atoms with Crippen LogP contribution in [0.2, 0.25) is 10.0 Å². The van der Waals surface area contributed by atoms with Gasteiger partial charge in [-0.05, 0) is 56.2 Å². The van der Waals surface area contributed by atoms with E-state index in [1.54, 1.807) is 29.1 Å². The summed E-state index contributed by atoms with van der Waals surface area (Å²) in [5.74, 6) is 1.29. The lowest BCUT2D eigenvalue weighted by Crippen LogP contribution is -2.24. The average molecular weight is 422 g/mol. The van der Waals surface area contributed by atoms with Crippen LogP contribution in [0, 0.1) is 13.8 Å². The van der Waals surface area contributed by atoms with Gasteiger partial charge in [0.2, 0.25) is 0 Å². The van der Waals surface area contributed by atoms with Crippen molar-refractivity contribution in [2.45, 2.75) is 33.4 Å². The topological polar surface area (TPSA) is 69.3 Å². The number of aromatic nitrogens is 2. The first-order chi connectivity index (χ1) is 13.4. The van der Waals surface area contributed by atoms with Crippen molar-refractivity contribution in [2.75, 3.05) is 6.54 Å². The van der Waals surface area contributed by atoms with E-state index in [1.165, 1.54) is 0 Å². The lowest BCUT2D eigenvalue weighted by atomic mass is 10.2. The van der Waals surface area contributed by atoms with Gasteiger partial charge in [-0.3, -0.25) is 9.48 Å². The Bertz CT molecular complexity index is 946. The van der Waals surface area contributed by atoms with Gasteiger partial charge >= 0.3 is 0 Å². The highest BCUT2D eigenvalue weighted by molar-refractivity contribution is 6.31. The zero-order valence-electron chi connectivity index (χ0n) is 15.7. The molecule has 0 radical (unpaired) electrons. The van der Waals surface area contributed by atoms with E-state index in [9.17, 15) is 4.79 Å². The third-order valence-electron chi connectivity index (χ3n) is 4.13. The molecule has 6 nitrogen and oxygen atoms in total. The van der Waals surface area contributed by atoms with Gasteiger partial charge in [0.25, 0.3) is 5.91 Å². The van der Waals surface area contributed by atoms with Crippen LogP contribution in [-0.4, -0.2) is 22.2 Å². The van der Waals surface area contributed by atoms with Gasteiger partial charge in [-0.25, -0.2) is 0 Å². The second kappa shape index (κ2) is 9.17. The smallest absolute Gasteiger partial charge is 0.286 e. The quantitative estimate of drug-likeness (QED) is 0.530. The Kier molecular flexibility index (Phi) is 6.65. The highest BCUT2D eigenvalue weighted by atomic mass is 35.5. The molecule has 3 rings (SSSR count). The van der Waals surface area contributed by atoms with Crippen LogP contribution < -0.4 is 10.1 Å². The molecule has 0 spiro atoms. The number of rotatable bonds is 8. The highest BCUT2D eigenvalue weighted by Crippen LogP contribution is 2.23. The van der Waals surface area contributed by atoms with Crippen molar-refractivity contribution in [1.29, 1.82) is 0 Å². The van der Waals surface area contributed by atoms with Crippen LogP contribution in [0.5, 0.6) is 5.75 Å². The molecule has 0 fully saturated rings. The number of hydrogen-bond acceptors (Lipinski definition) is 4. The summed E-state index contributed by atoms with van der Waals surface area (Å²) in [5, 5.41) is 8.41. The van der Waals surface area contributed by atoms with Gasteiger partial charge in [0, 0.05) is 24.3 Å². The van der Waals surface area contributed by atoms with Gasteiger partial charge in [0.15, 0.2) is 5.76 Å². The number of ether oxygens (including phenoxy) is 1. The van der Waals surface area contributed by atoms with Gasteiger partial charge in [0.05, 0.1) is 10.7 Å². The number of amides is 1. The third kappa shape index (κ3) is 5.30. The van der Waals surface area contributed by atoms with E-state index in [0.717, 1.165) is 23.4 Å². The number of carbonyl (C=O) groups excluding carboxylic acids is 1. The first-order valence-corrected chi connectivity index (χ1v) is 9.63. The van der Waals surface area contributed by atoms with E-state index < -0.39 is 0 Å². The van der Waals surface area contributed by atoms with Gasteiger partial charge < -0.3 is 14.5 Å². The Morgan fingerprint density at radius 1 is 1.25 bits per heavy atom. The summed E-state index contributed by atoms with van der Waals surface area (Å²) >= 11 is 11.9. The molecule has 0 bridgehead atoms. The van der Waals surface area contributed by atoms with Crippen LogP contribution in [0.4, 0.5) is 0 Å². The van der Waals surface area contributed by atoms with Crippen molar-refractivity contribution in [3.8, 4) is 5.75 Å². The number of nitrogens with zero attached hydrogens (tertiary/aromatic N) is 2. The predicted octanol–water partition coefficient (Wildman–Crippen LogP) is 4.80. The minimum absolute atomic E-state index is 0.231. The van der Waals surface area contributed by atoms with Crippen LogP contribution in [0.15, 0.2) is 40.9 Å². The summed E-state index contributed by atoms with van der Waals surface area (Å²) in [4.78, 5) is 12.2. The number of aryl methyl sites for hydroxylation is 3. The summed E-state index contributed by atoms with van der Waals surface area (Å²) < 4.78 is 13.1. The molecule has 0 aliphatic heterocycles. The maximum absolute atomic E-state index is 12.2. The van der Waals surface area contributed by atoms with E-state index in [1.807, 2.05) is 26.0 Å². The lowest BCUT2D eigenvalue weighted by Gasteiger charge is -2.07. The normalized spacial score (nSPS) is 10.9. The molecule has 148 valence electrons. The fraction of sp³-hybridized carbons (Fsp3) is 0.300. The summed E-state index contributed by atoms with van der Waals surface area (Å²) in [7, 11) is 0. The molecule has 1 amide bonds. The van der Waals surface area contributed by atoms with Crippen LogP contribution in [0.25, 0.3) is 0 Å². The molecule has 2 heterocycles. The van der Waals surface area contributed by atoms with E-state index in [0.29, 0.717) is 28.9 Å². The molecule has 8 heteroatoms. The van der Waals surface area contributed by atoms with Gasteiger partial charge in [0.1, 0.15) is 18.1 Å². The van der Waals surface area contributed by atoms with Crippen molar-refractivity contribution in [1.82, 2.24) is 15.1 Å². The van der Waals surface area contributed by atoms with Crippen LogP contribution in [0.1, 0.15) is 34.0 Å². The first kappa shape index (κ1) is 20.3. The Morgan fingerprint density at radius 3 is 2.79 bits per heavy atom. The van der Waals surface area contributed by atoms with E-state index in [-0.39, 0.29) is 18.3 Å². The average Bonchev–Trinajstić information content (AvgIpc) is 3.25. The van der Waals surface area contributed by atoms with E-state index in [4.69, 9.17) is 32.4 Å². The molecule has 0 unspecified atom stereocenters. The number of nitrogens with one attached hydrogen (secondary N) is 1.